The van der Waals surface area contributed by atoms with Crippen molar-refractivity contribution in [3.63, 3.8) is 0 Å². The summed E-state index contributed by atoms with van der Waals surface area (Å²) in [7, 11) is 0. The van der Waals surface area contributed by atoms with Crippen molar-refractivity contribution in [2.75, 3.05) is 26.2 Å². The molecule has 0 radical (unpaired) electrons. The lowest BCUT2D eigenvalue weighted by molar-refractivity contribution is -0.132. The number of hydrogen-bond acceptors (Lipinski definition) is 3. The summed E-state index contributed by atoms with van der Waals surface area (Å²) in [4.78, 5) is 13.4. The molecule has 0 spiro atoms. The Kier molecular flexibility index (Phi) is 4.90. The lowest BCUT2D eigenvalue weighted by atomic mass is 9.95. The molecule has 1 aliphatic rings. The number of aliphatic hydroxyl groups is 1. The van der Waals surface area contributed by atoms with Crippen molar-refractivity contribution >= 4 is 5.91 Å². The lowest BCUT2D eigenvalue weighted by Crippen LogP contribution is -2.40. The molecule has 1 rings (SSSR count). The second-order valence-electron chi connectivity index (χ2n) is 3.90. The Labute approximate surface area is 85.1 Å². The molecule has 4 nitrogen and oxygen atoms in total. The first-order valence-corrected chi connectivity index (χ1v) is 5.36. The summed E-state index contributed by atoms with van der Waals surface area (Å²) in [6.07, 6.45) is 3.45. The van der Waals surface area contributed by atoms with Crippen LogP contribution in [0.2, 0.25) is 0 Å². The molecule has 1 fully saturated rings. The van der Waals surface area contributed by atoms with Gasteiger partial charge in [0.1, 0.15) is 0 Å². The van der Waals surface area contributed by atoms with Crippen LogP contribution in [0.3, 0.4) is 0 Å². The first-order valence-electron chi connectivity index (χ1n) is 5.36. The van der Waals surface area contributed by atoms with E-state index in [0.717, 1.165) is 32.4 Å². The Morgan fingerprint density at radius 2 is 2.36 bits per heavy atom. The van der Waals surface area contributed by atoms with Gasteiger partial charge in [-0.1, -0.05) is 0 Å². The maximum atomic E-state index is 11.5. The minimum atomic E-state index is 0.162. The smallest absolute Gasteiger partial charge is 0.223 e. The molecule has 1 aliphatic heterocycles. The fraction of sp³-hybridized carbons (Fsp3) is 0.900. The molecular weight excluding hydrogens is 180 g/mol. The van der Waals surface area contributed by atoms with Crippen molar-refractivity contribution in [1.82, 2.24) is 4.90 Å². The molecule has 0 aromatic carbocycles. The first kappa shape index (κ1) is 11.5. The molecule has 14 heavy (non-hydrogen) atoms. The lowest BCUT2D eigenvalue weighted by Gasteiger charge is -2.32. The van der Waals surface area contributed by atoms with E-state index in [1.54, 1.807) is 0 Å². The Hall–Kier alpha value is -0.610. The summed E-state index contributed by atoms with van der Waals surface area (Å²) in [6.45, 7) is 2.32. The molecule has 0 aromatic rings. The van der Waals surface area contributed by atoms with Gasteiger partial charge in [0.15, 0.2) is 0 Å². The Morgan fingerprint density at radius 3 is 3.00 bits per heavy atom. The maximum absolute atomic E-state index is 11.5. The zero-order valence-corrected chi connectivity index (χ0v) is 8.61. The van der Waals surface area contributed by atoms with E-state index in [9.17, 15) is 4.79 Å². The summed E-state index contributed by atoms with van der Waals surface area (Å²) in [5.41, 5.74) is 5.34. The van der Waals surface area contributed by atoms with Crippen LogP contribution in [0.4, 0.5) is 0 Å². The van der Waals surface area contributed by atoms with E-state index in [1.807, 2.05) is 4.90 Å². The number of nitrogens with two attached hydrogens (primary N) is 1. The summed E-state index contributed by atoms with van der Waals surface area (Å²) in [5, 5.41) is 8.82. The SMILES string of the molecule is NCCC(=O)N1CCCC(CCO)C1. The molecule has 0 bridgehead atoms. The molecule has 1 heterocycles. The molecule has 3 N–H and O–H groups in total. The van der Waals surface area contributed by atoms with Crippen LogP contribution in [0.5, 0.6) is 0 Å². The predicted octanol–water partition coefficient (Wildman–Crippen LogP) is -0.0438. The predicted molar refractivity (Wildman–Crippen MR) is 54.7 cm³/mol. The number of hydrogen-bond donors (Lipinski definition) is 2. The van der Waals surface area contributed by atoms with Gasteiger partial charge >= 0.3 is 0 Å². The van der Waals surface area contributed by atoms with Crippen molar-refractivity contribution in [3.05, 3.63) is 0 Å². The van der Waals surface area contributed by atoms with Crippen LogP contribution in [0.15, 0.2) is 0 Å². The average Bonchev–Trinajstić information content (AvgIpc) is 2.19. The zero-order chi connectivity index (χ0) is 10.4. The topological polar surface area (TPSA) is 66.6 Å². The molecule has 4 heteroatoms. The van der Waals surface area contributed by atoms with E-state index in [4.69, 9.17) is 10.8 Å². The molecule has 0 saturated carbocycles. The van der Waals surface area contributed by atoms with Gasteiger partial charge in [-0.15, -0.1) is 0 Å². The van der Waals surface area contributed by atoms with Gasteiger partial charge in [0.25, 0.3) is 0 Å². The highest BCUT2D eigenvalue weighted by atomic mass is 16.3. The molecule has 0 aromatic heterocycles. The van der Waals surface area contributed by atoms with Crippen LogP contribution < -0.4 is 5.73 Å². The maximum Gasteiger partial charge on any atom is 0.223 e. The van der Waals surface area contributed by atoms with E-state index in [1.165, 1.54) is 0 Å². The van der Waals surface area contributed by atoms with Gasteiger partial charge in [-0.25, -0.2) is 0 Å². The summed E-state index contributed by atoms with van der Waals surface area (Å²) in [6, 6.07) is 0. The summed E-state index contributed by atoms with van der Waals surface area (Å²) >= 11 is 0. The Balaban J connectivity index is 2.35. The minimum Gasteiger partial charge on any atom is -0.396 e. The highest BCUT2D eigenvalue weighted by Crippen LogP contribution is 2.19. The number of rotatable bonds is 4. The van der Waals surface area contributed by atoms with Crippen molar-refractivity contribution < 1.29 is 9.90 Å². The standard InChI is InChI=1S/C10H20N2O2/c11-5-3-10(14)12-6-1-2-9(8-12)4-7-13/h9,13H,1-8,11H2. The summed E-state index contributed by atoms with van der Waals surface area (Å²) < 4.78 is 0. The normalized spacial score (nSPS) is 22.4. The highest BCUT2D eigenvalue weighted by Gasteiger charge is 2.22. The van der Waals surface area contributed by atoms with Gasteiger partial charge in [0.05, 0.1) is 0 Å². The zero-order valence-electron chi connectivity index (χ0n) is 8.61. The molecular formula is C10H20N2O2. The van der Waals surface area contributed by atoms with Crippen LogP contribution in [-0.2, 0) is 4.79 Å². The van der Waals surface area contributed by atoms with Crippen molar-refractivity contribution in [3.8, 4) is 0 Å². The highest BCUT2D eigenvalue weighted by molar-refractivity contribution is 5.76. The van der Waals surface area contributed by atoms with Gasteiger partial charge in [0, 0.05) is 32.7 Å². The summed E-state index contributed by atoms with van der Waals surface area (Å²) in [5.74, 6) is 0.644. The fourth-order valence-corrected chi connectivity index (χ4v) is 1.99. The van der Waals surface area contributed by atoms with Gasteiger partial charge in [-0.05, 0) is 25.2 Å². The number of aliphatic hydroxyl groups excluding tert-OH is 1. The third-order valence-electron chi connectivity index (χ3n) is 2.77. The van der Waals surface area contributed by atoms with Crippen molar-refractivity contribution in [2.24, 2.45) is 11.7 Å². The second kappa shape index (κ2) is 5.98. The third-order valence-corrected chi connectivity index (χ3v) is 2.77. The second-order valence-corrected chi connectivity index (χ2v) is 3.90. The molecule has 1 amide bonds. The van der Waals surface area contributed by atoms with Crippen molar-refractivity contribution in [1.29, 1.82) is 0 Å². The van der Waals surface area contributed by atoms with E-state index >= 15 is 0 Å². The number of amides is 1. The van der Waals surface area contributed by atoms with Crippen LogP contribution in [0.25, 0.3) is 0 Å². The number of likely N-dealkylation sites (tertiary alicyclic amines) is 1. The first-order chi connectivity index (χ1) is 6.77. The van der Waals surface area contributed by atoms with Crippen LogP contribution in [0, 0.1) is 5.92 Å². The van der Waals surface area contributed by atoms with Gasteiger partial charge < -0.3 is 15.7 Å². The van der Waals surface area contributed by atoms with Crippen LogP contribution in [-0.4, -0.2) is 42.2 Å². The third kappa shape index (κ3) is 3.27. The number of carbonyl (C=O) groups excluding carboxylic acids is 1. The fourth-order valence-electron chi connectivity index (χ4n) is 1.99. The minimum absolute atomic E-state index is 0.162. The monoisotopic (exact) mass is 200 g/mol. The average molecular weight is 200 g/mol. The quantitative estimate of drug-likeness (QED) is 0.669. The molecule has 1 unspecified atom stereocenters. The van der Waals surface area contributed by atoms with Crippen molar-refractivity contribution in [2.45, 2.75) is 25.7 Å². The van der Waals surface area contributed by atoms with Gasteiger partial charge in [-0.3, -0.25) is 4.79 Å². The van der Waals surface area contributed by atoms with Crippen LogP contribution >= 0.6 is 0 Å². The van der Waals surface area contributed by atoms with Gasteiger partial charge in [0.2, 0.25) is 5.91 Å². The van der Waals surface area contributed by atoms with Gasteiger partial charge in [-0.2, -0.15) is 0 Å². The van der Waals surface area contributed by atoms with Crippen LogP contribution in [0.1, 0.15) is 25.7 Å². The van der Waals surface area contributed by atoms with E-state index in [0.29, 0.717) is 18.9 Å². The number of nitrogens with zero attached hydrogens (tertiary/aromatic N) is 1. The molecule has 0 aliphatic carbocycles. The molecule has 1 atom stereocenters. The van der Waals surface area contributed by atoms with E-state index in [2.05, 4.69) is 0 Å². The molecule has 1 saturated heterocycles. The number of carbonyl (C=O) groups is 1. The molecule has 82 valence electrons. The largest absolute Gasteiger partial charge is 0.396 e. The Morgan fingerprint density at radius 1 is 1.57 bits per heavy atom. The van der Waals surface area contributed by atoms with E-state index < -0.39 is 0 Å². The van der Waals surface area contributed by atoms with E-state index in [-0.39, 0.29) is 12.5 Å². The number of piperidine rings is 1. The Bertz CT molecular complexity index is 183.